The molecule has 0 spiro atoms. The minimum atomic E-state index is -1.20. The third kappa shape index (κ3) is 4.07. The molecular weight excluding hydrogens is 268 g/mol. The van der Waals surface area contributed by atoms with Crippen molar-refractivity contribution in [3.63, 3.8) is 0 Å². The lowest BCUT2D eigenvalue weighted by Gasteiger charge is -2.06. The topological polar surface area (TPSA) is 73.8 Å². The largest absolute Gasteiger partial charge is 0.545 e. The SMILES string of the molecule is CCOc1ccccc1/C=N\Nc1ccc(C(=O)[O-])cc1. The van der Waals surface area contributed by atoms with E-state index in [4.69, 9.17) is 4.74 Å². The van der Waals surface area contributed by atoms with Gasteiger partial charge in [0.2, 0.25) is 0 Å². The molecule has 5 heteroatoms. The summed E-state index contributed by atoms with van der Waals surface area (Å²) in [5.41, 5.74) is 4.50. The first-order valence-electron chi connectivity index (χ1n) is 6.53. The van der Waals surface area contributed by atoms with E-state index in [2.05, 4.69) is 10.5 Å². The van der Waals surface area contributed by atoms with Gasteiger partial charge in [0.1, 0.15) is 5.75 Å². The second-order valence-electron chi connectivity index (χ2n) is 4.21. The van der Waals surface area contributed by atoms with Gasteiger partial charge < -0.3 is 14.6 Å². The number of rotatable bonds is 6. The van der Waals surface area contributed by atoms with Crippen molar-refractivity contribution >= 4 is 17.9 Å². The van der Waals surface area contributed by atoms with Gasteiger partial charge in [0.25, 0.3) is 0 Å². The van der Waals surface area contributed by atoms with Gasteiger partial charge >= 0.3 is 0 Å². The van der Waals surface area contributed by atoms with Crippen molar-refractivity contribution in [3.05, 3.63) is 59.7 Å². The number of ether oxygens (including phenoxy) is 1. The zero-order valence-corrected chi connectivity index (χ0v) is 11.6. The van der Waals surface area contributed by atoms with Crippen LogP contribution < -0.4 is 15.3 Å². The molecule has 0 aromatic heterocycles. The molecule has 21 heavy (non-hydrogen) atoms. The maximum atomic E-state index is 10.6. The predicted octanol–water partition coefficient (Wildman–Crippen LogP) is 1.89. The number of anilines is 1. The van der Waals surface area contributed by atoms with Crippen LogP contribution >= 0.6 is 0 Å². The summed E-state index contributed by atoms with van der Waals surface area (Å²) in [5, 5.41) is 14.7. The molecule has 0 heterocycles. The van der Waals surface area contributed by atoms with E-state index in [1.54, 1.807) is 18.3 Å². The molecule has 0 saturated heterocycles. The highest BCUT2D eigenvalue weighted by atomic mass is 16.5. The summed E-state index contributed by atoms with van der Waals surface area (Å²) in [6.45, 7) is 2.51. The summed E-state index contributed by atoms with van der Waals surface area (Å²) < 4.78 is 5.49. The molecule has 5 nitrogen and oxygen atoms in total. The Morgan fingerprint density at radius 3 is 2.62 bits per heavy atom. The molecule has 0 saturated carbocycles. The van der Waals surface area contributed by atoms with Crippen LogP contribution in [-0.4, -0.2) is 18.8 Å². The third-order valence-corrected chi connectivity index (χ3v) is 2.74. The van der Waals surface area contributed by atoms with E-state index in [1.165, 1.54) is 12.1 Å². The first kappa shape index (κ1) is 14.6. The fourth-order valence-electron chi connectivity index (χ4n) is 1.73. The molecule has 0 fully saturated rings. The summed E-state index contributed by atoms with van der Waals surface area (Å²) >= 11 is 0. The summed E-state index contributed by atoms with van der Waals surface area (Å²) in [6.07, 6.45) is 1.65. The molecule has 0 aliphatic rings. The summed E-state index contributed by atoms with van der Waals surface area (Å²) in [6, 6.07) is 13.7. The van der Waals surface area contributed by atoms with Crippen molar-refractivity contribution in [1.29, 1.82) is 0 Å². The normalized spacial score (nSPS) is 10.5. The van der Waals surface area contributed by atoms with Crippen LogP contribution in [0.3, 0.4) is 0 Å². The van der Waals surface area contributed by atoms with Gasteiger partial charge in [-0.3, -0.25) is 5.43 Å². The second kappa shape index (κ2) is 7.09. The monoisotopic (exact) mass is 283 g/mol. The molecule has 2 rings (SSSR count). The molecule has 2 aromatic carbocycles. The minimum absolute atomic E-state index is 0.131. The number of benzene rings is 2. The molecule has 1 N–H and O–H groups in total. The molecule has 108 valence electrons. The number of hydrazone groups is 1. The van der Waals surface area contributed by atoms with E-state index in [-0.39, 0.29) is 5.56 Å². The number of carbonyl (C=O) groups excluding carboxylic acids is 1. The van der Waals surface area contributed by atoms with Crippen molar-refractivity contribution in [2.24, 2.45) is 5.10 Å². The number of nitrogens with zero attached hydrogens (tertiary/aromatic N) is 1. The van der Waals surface area contributed by atoms with Crippen molar-refractivity contribution in [3.8, 4) is 5.75 Å². The van der Waals surface area contributed by atoms with E-state index >= 15 is 0 Å². The zero-order valence-electron chi connectivity index (χ0n) is 11.6. The number of carboxylic acid groups (broad SMARTS) is 1. The van der Waals surface area contributed by atoms with E-state index in [9.17, 15) is 9.90 Å². The Balaban J connectivity index is 2.03. The van der Waals surface area contributed by atoms with Crippen LogP contribution in [0.25, 0.3) is 0 Å². The lowest BCUT2D eigenvalue weighted by Crippen LogP contribution is -2.21. The van der Waals surface area contributed by atoms with Crippen LogP contribution in [0.4, 0.5) is 5.69 Å². The number of para-hydroxylation sites is 1. The van der Waals surface area contributed by atoms with Gasteiger partial charge in [-0.15, -0.1) is 0 Å². The highest BCUT2D eigenvalue weighted by molar-refractivity contribution is 5.86. The summed E-state index contributed by atoms with van der Waals surface area (Å²) in [5.74, 6) is -0.437. The minimum Gasteiger partial charge on any atom is -0.545 e. The van der Waals surface area contributed by atoms with Crippen molar-refractivity contribution in [2.45, 2.75) is 6.92 Å². The van der Waals surface area contributed by atoms with Gasteiger partial charge in [-0.05, 0) is 36.8 Å². The van der Waals surface area contributed by atoms with Gasteiger partial charge in [-0.2, -0.15) is 5.10 Å². The first-order chi connectivity index (χ1) is 10.2. The number of carboxylic acids is 1. The van der Waals surface area contributed by atoms with Crippen LogP contribution in [0.5, 0.6) is 5.75 Å². The molecule has 0 amide bonds. The van der Waals surface area contributed by atoms with E-state index in [1.807, 2.05) is 31.2 Å². The maximum Gasteiger partial charge on any atom is 0.128 e. The third-order valence-electron chi connectivity index (χ3n) is 2.74. The van der Waals surface area contributed by atoms with Gasteiger partial charge in [-0.25, -0.2) is 0 Å². The standard InChI is InChI=1S/C16H16N2O3/c1-2-21-15-6-4-3-5-13(15)11-17-18-14-9-7-12(8-10-14)16(19)20/h3-11,18H,2H2,1H3,(H,19,20)/p-1/b17-11-. The zero-order chi connectivity index (χ0) is 15.1. The van der Waals surface area contributed by atoms with Crippen LogP contribution in [0.1, 0.15) is 22.8 Å². The quantitative estimate of drug-likeness (QED) is 0.649. The maximum absolute atomic E-state index is 10.6. The Bertz CT molecular complexity index is 636. The Labute approximate surface area is 122 Å². The average molecular weight is 283 g/mol. The van der Waals surface area contributed by atoms with Gasteiger partial charge in [0, 0.05) is 5.56 Å². The Kier molecular flexibility index (Phi) is 4.93. The van der Waals surface area contributed by atoms with E-state index in [0.29, 0.717) is 12.3 Å². The van der Waals surface area contributed by atoms with Crippen LogP contribution in [0.15, 0.2) is 53.6 Å². The molecule has 2 aromatic rings. The lowest BCUT2D eigenvalue weighted by molar-refractivity contribution is -0.255. The number of aromatic carboxylic acids is 1. The van der Waals surface area contributed by atoms with Crippen molar-refractivity contribution in [2.75, 3.05) is 12.0 Å². The summed E-state index contributed by atoms with van der Waals surface area (Å²) in [7, 11) is 0. The van der Waals surface area contributed by atoms with Crippen LogP contribution in [0, 0.1) is 0 Å². The van der Waals surface area contributed by atoms with Gasteiger partial charge in [-0.1, -0.05) is 24.3 Å². The second-order valence-corrected chi connectivity index (χ2v) is 4.21. The first-order valence-corrected chi connectivity index (χ1v) is 6.53. The highest BCUT2D eigenvalue weighted by Gasteiger charge is 1.98. The lowest BCUT2D eigenvalue weighted by atomic mass is 10.2. The van der Waals surface area contributed by atoms with Crippen molar-refractivity contribution < 1.29 is 14.6 Å². The molecule has 0 radical (unpaired) electrons. The number of nitrogens with one attached hydrogen (secondary N) is 1. The van der Waals surface area contributed by atoms with E-state index < -0.39 is 5.97 Å². The smallest absolute Gasteiger partial charge is 0.128 e. The van der Waals surface area contributed by atoms with E-state index in [0.717, 1.165) is 11.3 Å². The fourth-order valence-corrected chi connectivity index (χ4v) is 1.73. The van der Waals surface area contributed by atoms with Gasteiger partial charge in [0.05, 0.1) is 24.5 Å². The fraction of sp³-hybridized carbons (Fsp3) is 0.125. The Morgan fingerprint density at radius 2 is 1.95 bits per heavy atom. The molecule has 0 aliphatic heterocycles. The average Bonchev–Trinajstić information content (AvgIpc) is 2.50. The molecule has 0 atom stereocenters. The summed E-state index contributed by atoms with van der Waals surface area (Å²) in [4.78, 5) is 10.6. The molecular formula is C16H15N2O3-. The number of carbonyl (C=O) groups is 1. The number of hydrogen-bond acceptors (Lipinski definition) is 5. The predicted molar refractivity (Wildman–Crippen MR) is 79.6 cm³/mol. The highest BCUT2D eigenvalue weighted by Crippen LogP contribution is 2.16. The molecule has 0 unspecified atom stereocenters. The Morgan fingerprint density at radius 1 is 1.24 bits per heavy atom. The van der Waals surface area contributed by atoms with Crippen molar-refractivity contribution in [1.82, 2.24) is 0 Å². The van der Waals surface area contributed by atoms with Crippen LogP contribution in [-0.2, 0) is 0 Å². The van der Waals surface area contributed by atoms with Crippen LogP contribution in [0.2, 0.25) is 0 Å². The van der Waals surface area contributed by atoms with Gasteiger partial charge in [0.15, 0.2) is 0 Å². The molecule has 0 bridgehead atoms. The molecule has 0 aliphatic carbocycles. The number of hydrogen-bond donors (Lipinski definition) is 1. The Hall–Kier alpha value is -2.82.